The van der Waals surface area contributed by atoms with E-state index in [9.17, 15) is 38.7 Å². The van der Waals surface area contributed by atoms with E-state index in [1.54, 1.807) is 13.8 Å². The van der Waals surface area contributed by atoms with E-state index in [0.29, 0.717) is 10.0 Å². The topological polar surface area (TPSA) is 300 Å². The van der Waals surface area contributed by atoms with Crippen molar-refractivity contribution in [3.05, 3.63) is 108 Å². The van der Waals surface area contributed by atoms with Gasteiger partial charge in [-0.1, -0.05) is 37.0 Å². The SMILES string of the molecule is Cc1cn([C@@H]2C[C@H](O[P@](=O)(OCCC#N)Oc3ccc(Cl)cc3)[C@H](CO[P@](=O)(Oc3ccc(Cl)cc3)O[C@@H]3C[C@H](n4cnc5c(=O)[nH]c(NC(=O)C(C)C)nc54)O[C@@H]3CO)O2)c(=O)[nH]c1=O. The maximum atomic E-state index is 14.9. The molecule has 352 valence electrons. The third-order valence-electron chi connectivity index (χ3n) is 9.96. The van der Waals surface area contributed by atoms with Crippen molar-refractivity contribution in [2.24, 2.45) is 5.92 Å². The van der Waals surface area contributed by atoms with Crippen LogP contribution in [0.2, 0.25) is 10.0 Å². The second kappa shape index (κ2) is 20.8. The van der Waals surface area contributed by atoms with E-state index < -0.39 is 94.4 Å². The van der Waals surface area contributed by atoms with Crippen LogP contribution >= 0.6 is 38.8 Å². The van der Waals surface area contributed by atoms with Gasteiger partial charge in [-0.25, -0.2) is 18.9 Å². The Bertz CT molecular complexity index is 2870. The number of aryl methyl sites for hydroxylation is 1. The summed E-state index contributed by atoms with van der Waals surface area (Å²) in [5.74, 6) is -0.997. The van der Waals surface area contributed by atoms with Crippen LogP contribution in [0.15, 0.2) is 75.4 Å². The number of aliphatic hydroxyl groups is 1. The summed E-state index contributed by atoms with van der Waals surface area (Å²) in [7, 11) is -9.55. The van der Waals surface area contributed by atoms with Crippen LogP contribution < -0.4 is 31.2 Å². The van der Waals surface area contributed by atoms with E-state index in [4.69, 9.17) is 59.8 Å². The number of ether oxygens (including phenoxy) is 2. The predicted molar refractivity (Wildman–Crippen MR) is 233 cm³/mol. The van der Waals surface area contributed by atoms with Crippen molar-refractivity contribution in [3.63, 3.8) is 0 Å². The first-order valence-electron chi connectivity index (χ1n) is 20.1. The van der Waals surface area contributed by atoms with Gasteiger partial charge in [0, 0.05) is 40.6 Å². The molecule has 1 amide bonds. The number of nitrogens with zero attached hydrogens (tertiary/aromatic N) is 5. The summed E-state index contributed by atoms with van der Waals surface area (Å²) >= 11 is 12.1. The van der Waals surface area contributed by atoms with E-state index in [-0.39, 0.29) is 60.0 Å². The Balaban J connectivity index is 1.18. The monoisotopic (exact) mass is 994 g/mol. The fourth-order valence-corrected chi connectivity index (χ4v) is 9.72. The number of carbonyl (C=O) groups is 1. The van der Waals surface area contributed by atoms with Gasteiger partial charge in [0.15, 0.2) is 11.2 Å². The number of nitriles is 1. The number of imidazole rings is 1. The van der Waals surface area contributed by atoms with Gasteiger partial charge in [0.2, 0.25) is 11.9 Å². The summed E-state index contributed by atoms with van der Waals surface area (Å²) in [5.41, 5.74) is -2.07. The van der Waals surface area contributed by atoms with Crippen molar-refractivity contribution in [1.82, 2.24) is 29.1 Å². The lowest BCUT2D eigenvalue weighted by Gasteiger charge is -2.27. The van der Waals surface area contributed by atoms with Gasteiger partial charge in [0.25, 0.3) is 11.1 Å². The minimum absolute atomic E-state index is 0.0155. The Hall–Kier alpha value is -5.21. The van der Waals surface area contributed by atoms with E-state index in [1.807, 2.05) is 6.07 Å². The molecule has 2 aromatic carbocycles. The van der Waals surface area contributed by atoms with Crippen molar-refractivity contribution in [2.45, 2.75) is 76.9 Å². The molecule has 0 bridgehead atoms. The number of nitrogens with one attached hydrogen (secondary N) is 3. The lowest BCUT2D eigenvalue weighted by molar-refractivity contribution is -0.118. The number of phosphoric acid groups is 2. The number of anilines is 1. The van der Waals surface area contributed by atoms with Crippen molar-refractivity contribution >= 4 is 61.9 Å². The van der Waals surface area contributed by atoms with Gasteiger partial charge in [-0.3, -0.25) is 56.9 Å². The van der Waals surface area contributed by atoms with Crippen LogP contribution in [0.25, 0.3) is 11.2 Å². The second-order valence-electron chi connectivity index (χ2n) is 15.1. The van der Waals surface area contributed by atoms with E-state index >= 15 is 0 Å². The predicted octanol–water partition coefficient (Wildman–Crippen LogP) is 5.54. The Morgan fingerprint density at radius 1 is 0.909 bits per heavy atom. The first-order chi connectivity index (χ1) is 31.4. The molecule has 27 heteroatoms. The molecule has 0 unspecified atom stereocenters. The molecule has 2 saturated heterocycles. The normalized spacial score (nSPS) is 22.5. The Morgan fingerprint density at radius 3 is 2.08 bits per heavy atom. The average molecular weight is 996 g/mol. The second-order valence-corrected chi connectivity index (χ2v) is 19.0. The first kappa shape index (κ1) is 48.7. The third kappa shape index (κ3) is 11.7. The van der Waals surface area contributed by atoms with Crippen molar-refractivity contribution in [2.75, 3.05) is 25.1 Å². The van der Waals surface area contributed by atoms with Crippen LogP contribution in [0.1, 0.15) is 51.1 Å². The van der Waals surface area contributed by atoms with Gasteiger partial charge >= 0.3 is 21.3 Å². The highest BCUT2D eigenvalue weighted by Crippen LogP contribution is 2.56. The van der Waals surface area contributed by atoms with Crippen LogP contribution in [0.3, 0.4) is 0 Å². The zero-order valence-electron chi connectivity index (χ0n) is 35.1. The van der Waals surface area contributed by atoms with Crippen molar-refractivity contribution < 1.29 is 55.6 Å². The van der Waals surface area contributed by atoms with E-state index in [0.717, 1.165) is 4.57 Å². The number of aromatic amines is 2. The van der Waals surface area contributed by atoms with Crippen LogP contribution in [0.5, 0.6) is 11.5 Å². The summed E-state index contributed by atoms with van der Waals surface area (Å²) in [4.78, 5) is 63.8. The lowest BCUT2D eigenvalue weighted by atomic mass is 10.2. The van der Waals surface area contributed by atoms with Crippen LogP contribution in [0.4, 0.5) is 5.95 Å². The van der Waals surface area contributed by atoms with Gasteiger partial charge in [0.1, 0.15) is 48.4 Å². The number of aromatic nitrogens is 6. The number of carbonyl (C=O) groups excluding carboxylic acids is 1. The first-order valence-corrected chi connectivity index (χ1v) is 23.8. The molecule has 5 heterocycles. The fourth-order valence-electron chi connectivity index (χ4n) is 6.64. The number of H-pyrrole nitrogens is 2. The molecule has 7 rings (SSSR count). The lowest BCUT2D eigenvalue weighted by Crippen LogP contribution is -2.33. The van der Waals surface area contributed by atoms with Gasteiger partial charge < -0.3 is 23.6 Å². The van der Waals surface area contributed by atoms with E-state index in [1.165, 1.54) is 72.5 Å². The minimum Gasteiger partial charge on any atom is -0.404 e. The highest BCUT2D eigenvalue weighted by Gasteiger charge is 2.48. The highest BCUT2D eigenvalue weighted by molar-refractivity contribution is 7.49. The molecule has 0 spiro atoms. The highest BCUT2D eigenvalue weighted by atomic mass is 35.5. The molecule has 0 radical (unpaired) electrons. The van der Waals surface area contributed by atoms with Crippen LogP contribution in [-0.4, -0.2) is 84.3 Å². The molecule has 8 atom stereocenters. The number of rotatable bonds is 19. The number of benzene rings is 2. The summed E-state index contributed by atoms with van der Waals surface area (Å²) in [5, 5.41) is 22.8. The standard InChI is InChI=1S/C39H42Cl2N8O15P2/c1-21(2)35(51)45-38-44-34-33(37(53)46-38)43-20-49(34)32-15-27(29(18-50)59-32)63-66(56,62-26-11-7-24(41)8-12-26)58-19-30-28(16-31(60-30)48-17-22(3)36(52)47-39(48)54)64-65(55,57-14-4-13-42)61-25-9-5-23(40)6-10-25/h5-12,17,20-21,27-32,50H,4,14-16,18-19H2,1-3H3,(H,47,52,54)(H2,44,45,46,51,53)/t27-,28+,29-,30+,31+,32-,65-,66-/m1/s1. The number of fused-ring (bicyclic) bond motifs is 1. The van der Waals surface area contributed by atoms with Gasteiger partial charge in [0.05, 0.1) is 38.6 Å². The molecule has 23 nitrogen and oxygen atoms in total. The number of hydrogen-bond acceptors (Lipinski definition) is 18. The smallest absolute Gasteiger partial charge is 0.404 e. The Labute approximate surface area is 384 Å². The number of hydrogen-bond donors (Lipinski definition) is 4. The molecule has 66 heavy (non-hydrogen) atoms. The van der Waals surface area contributed by atoms with Gasteiger partial charge in [-0.15, -0.1) is 0 Å². The molecule has 3 aromatic heterocycles. The Morgan fingerprint density at radius 2 is 1.48 bits per heavy atom. The number of amides is 1. The van der Waals surface area contributed by atoms with Gasteiger partial charge in [-0.05, 0) is 55.5 Å². The average Bonchev–Trinajstić information content (AvgIpc) is 4.00. The number of aliphatic hydroxyl groups excluding tert-OH is 1. The quantitative estimate of drug-likeness (QED) is 0.0583. The summed E-state index contributed by atoms with van der Waals surface area (Å²) < 4.78 is 79.1. The van der Waals surface area contributed by atoms with Crippen molar-refractivity contribution in [1.29, 1.82) is 5.26 Å². The number of halogens is 2. The third-order valence-corrected chi connectivity index (χ3v) is 13.4. The van der Waals surface area contributed by atoms with Crippen LogP contribution in [0, 0.1) is 24.2 Å². The minimum atomic E-state index is -4.88. The summed E-state index contributed by atoms with van der Waals surface area (Å²) in [6, 6.07) is 13.3. The zero-order valence-corrected chi connectivity index (χ0v) is 38.4. The van der Waals surface area contributed by atoms with Gasteiger partial charge in [-0.2, -0.15) is 10.2 Å². The molecule has 5 aromatic rings. The molecule has 4 N–H and O–H groups in total. The molecular weight excluding hydrogens is 953 g/mol. The summed E-state index contributed by atoms with van der Waals surface area (Å²) in [6.07, 6.45) is -5.46. The summed E-state index contributed by atoms with van der Waals surface area (Å²) in [6.45, 7) is 3.02. The molecule has 2 aliphatic rings. The molecule has 0 aliphatic carbocycles. The van der Waals surface area contributed by atoms with Crippen LogP contribution in [-0.2, 0) is 41.5 Å². The Kier molecular flexibility index (Phi) is 15.3. The maximum absolute atomic E-state index is 14.9. The largest absolute Gasteiger partial charge is 0.530 e. The zero-order chi connectivity index (χ0) is 47.3. The fraction of sp³-hybridized carbons (Fsp3) is 0.410. The molecular formula is C39H42Cl2N8O15P2. The molecule has 2 fully saturated rings. The number of phosphoric ester groups is 2. The molecule has 2 aliphatic heterocycles. The maximum Gasteiger partial charge on any atom is 0.530 e. The molecule has 0 saturated carbocycles. The van der Waals surface area contributed by atoms with Crippen molar-refractivity contribution in [3.8, 4) is 17.6 Å². The van der Waals surface area contributed by atoms with E-state index in [2.05, 4.69) is 25.3 Å².